The van der Waals surface area contributed by atoms with Gasteiger partial charge in [-0.3, -0.25) is 4.99 Å². The number of nitrogens with one attached hydrogen (secondary N) is 3. The van der Waals surface area contributed by atoms with Crippen LogP contribution in [0.5, 0.6) is 0 Å². The fourth-order valence-electron chi connectivity index (χ4n) is 2.80. The third-order valence-electron chi connectivity index (χ3n) is 4.36. The Labute approximate surface area is 190 Å². The van der Waals surface area contributed by atoms with Gasteiger partial charge in [0.25, 0.3) is 0 Å². The van der Waals surface area contributed by atoms with Crippen LogP contribution in [0.25, 0.3) is 0 Å². The smallest absolute Gasteiger partial charge is 0.213 e. The van der Waals surface area contributed by atoms with Crippen molar-refractivity contribution in [3.8, 4) is 0 Å². The standard InChI is InChI=1S/C18H32N4O3S2.HI/c1-3-19-18(21-13-15(2)17-8-6-11-26-17)20-9-12-27(23,24)22-14-16-7-4-5-10-25-16;/h6,8,11,15-16,22H,3-5,7,9-10,12-14H2,1-2H3,(H2,19,20,21);1H. The molecule has 0 aromatic carbocycles. The highest BCUT2D eigenvalue weighted by atomic mass is 127. The fraction of sp³-hybridized carbons (Fsp3) is 0.722. The number of guanidine groups is 1. The molecule has 0 amide bonds. The number of thiophene rings is 1. The van der Waals surface area contributed by atoms with E-state index in [1.165, 1.54) is 4.88 Å². The molecule has 2 heterocycles. The molecular weight excluding hydrogens is 511 g/mol. The molecule has 1 aromatic heterocycles. The molecule has 3 N–H and O–H groups in total. The molecule has 1 fully saturated rings. The average molecular weight is 545 g/mol. The highest BCUT2D eigenvalue weighted by Gasteiger charge is 2.17. The zero-order valence-corrected chi connectivity index (χ0v) is 20.6. The van der Waals surface area contributed by atoms with E-state index in [1.54, 1.807) is 11.3 Å². The number of aliphatic imine (C=N–C) groups is 1. The van der Waals surface area contributed by atoms with Crippen molar-refractivity contribution in [1.29, 1.82) is 0 Å². The van der Waals surface area contributed by atoms with E-state index in [2.05, 4.69) is 38.7 Å². The Morgan fingerprint density at radius 3 is 2.86 bits per heavy atom. The van der Waals surface area contributed by atoms with Crippen molar-refractivity contribution in [2.24, 2.45) is 4.99 Å². The summed E-state index contributed by atoms with van der Waals surface area (Å²) < 4.78 is 32.6. The maximum atomic E-state index is 12.2. The van der Waals surface area contributed by atoms with Gasteiger partial charge in [-0.2, -0.15) is 0 Å². The summed E-state index contributed by atoms with van der Waals surface area (Å²) in [4.78, 5) is 5.87. The largest absolute Gasteiger partial charge is 0.377 e. The molecule has 1 aliphatic heterocycles. The Hall–Kier alpha value is -0.430. The molecule has 0 radical (unpaired) electrons. The van der Waals surface area contributed by atoms with Gasteiger partial charge in [0.15, 0.2) is 5.96 Å². The number of halogens is 1. The Morgan fingerprint density at radius 2 is 2.21 bits per heavy atom. The normalized spacial score (nSPS) is 18.9. The number of hydrogen-bond donors (Lipinski definition) is 3. The monoisotopic (exact) mass is 544 g/mol. The molecule has 2 rings (SSSR count). The molecule has 2 unspecified atom stereocenters. The first-order chi connectivity index (χ1) is 13.0. The predicted molar refractivity (Wildman–Crippen MR) is 128 cm³/mol. The molecule has 162 valence electrons. The van der Waals surface area contributed by atoms with Crippen LogP contribution in [-0.4, -0.2) is 59.0 Å². The maximum Gasteiger partial charge on any atom is 0.213 e. The lowest BCUT2D eigenvalue weighted by Gasteiger charge is -2.22. The highest BCUT2D eigenvalue weighted by Crippen LogP contribution is 2.20. The molecule has 1 aliphatic rings. The van der Waals surface area contributed by atoms with Crippen LogP contribution < -0.4 is 15.4 Å². The number of ether oxygens (including phenoxy) is 1. The van der Waals surface area contributed by atoms with Crippen molar-refractivity contribution < 1.29 is 13.2 Å². The van der Waals surface area contributed by atoms with Crippen LogP contribution in [-0.2, 0) is 14.8 Å². The van der Waals surface area contributed by atoms with Gasteiger partial charge in [-0.05, 0) is 37.6 Å². The first-order valence-corrected chi connectivity index (χ1v) is 12.2. The van der Waals surface area contributed by atoms with Gasteiger partial charge < -0.3 is 15.4 Å². The van der Waals surface area contributed by atoms with E-state index in [-0.39, 0.29) is 35.8 Å². The van der Waals surface area contributed by atoms with Crippen LogP contribution in [0.3, 0.4) is 0 Å². The van der Waals surface area contributed by atoms with Gasteiger partial charge in [-0.1, -0.05) is 13.0 Å². The summed E-state index contributed by atoms with van der Waals surface area (Å²) >= 11 is 1.73. The Kier molecular flexibility index (Phi) is 12.6. The van der Waals surface area contributed by atoms with E-state index in [0.29, 0.717) is 31.5 Å². The summed E-state index contributed by atoms with van der Waals surface area (Å²) in [5.41, 5.74) is 0. The molecular formula is C18H33IN4O3S2. The van der Waals surface area contributed by atoms with Crippen LogP contribution in [0.15, 0.2) is 22.5 Å². The minimum atomic E-state index is -3.33. The third kappa shape index (κ3) is 9.86. The van der Waals surface area contributed by atoms with Gasteiger partial charge in [-0.25, -0.2) is 13.1 Å². The molecule has 0 saturated carbocycles. The second kappa shape index (κ2) is 13.7. The summed E-state index contributed by atoms with van der Waals surface area (Å²) in [7, 11) is -3.33. The van der Waals surface area contributed by atoms with Crippen LogP contribution in [0.1, 0.15) is 43.9 Å². The van der Waals surface area contributed by atoms with E-state index in [0.717, 1.165) is 32.4 Å². The summed E-state index contributed by atoms with van der Waals surface area (Å²) in [6.45, 7) is 6.89. The predicted octanol–water partition coefficient (Wildman–Crippen LogP) is 2.51. The zero-order chi connectivity index (χ0) is 19.5. The summed E-state index contributed by atoms with van der Waals surface area (Å²) in [5.74, 6) is 0.984. The van der Waals surface area contributed by atoms with Crippen molar-refractivity contribution in [2.45, 2.75) is 45.1 Å². The SMILES string of the molecule is CCNC(=NCC(C)c1cccs1)NCCS(=O)(=O)NCC1CCCCO1.I. The molecule has 2 atom stereocenters. The number of rotatable bonds is 10. The topological polar surface area (TPSA) is 91.8 Å². The lowest BCUT2D eigenvalue weighted by Crippen LogP contribution is -2.42. The Morgan fingerprint density at radius 1 is 1.39 bits per heavy atom. The second-order valence-corrected chi connectivity index (χ2v) is 9.62. The number of sulfonamides is 1. The lowest BCUT2D eigenvalue weighted by molar-refractivity contribution is 0.0200. The zero-order valence-electron chi connectivity index (χ0n) is 16.6. The van der Waals surface area contributed by atoms with Crippen molar-refractivity contribution in [2.75, 3.05) is 38.5 Å². The average Bonchev–Trinajstić information content (AvgIpc) is 3.20. The minimum Gasteiger partial charge on any atom is -0.377 e. The summed E-state index contributed by atoms with van der Waals surface area (Å²) in [6.07, 6.45) is 3.07. The molecule has 1 saturated heterocycles. The maximum absolute atomic E-state index is 12.2. The van der Waals surface area contributed by atoms with Gasteiger partial charge in [0.2, 0.25) is 10.0 Å². The molecule has 0 bridgehead atoms. The van der Waals surface area contributed by atoms with Gasteiger partial charge >= 0.3 is 0 Å². The molecule has 1 aromatic rings. The van der Waals surface area contributed by atoms with Gasteiger partial charge in [0.1, 0.15) is 0 Å². The van der Waals surface area contributed by atoms with Crippen molar-refractivity contribution in [3.63, 3.8) is 0 Å². The van der Waals surface area contributed by atoms with Crippen molar-refractivity contribution in [3.05, 3.63) is 22.4 Å². The minimum absolute atomic E-state index is 0. The molecule has 0 aliphatic carbocycles. The number of nitrogens with zero attached hydrogens (tertiary/aromatic N) is 1. The van der Waals surface area contributed by atoms with Crippen molar-refractivity contribution in [1.82, 2.24) is 15.4 Å². The van der Waals surface area contributed by atoms with Crippen LogP contribution in [0.4, 0.5) is 0 Å². The van der Waals surface area contributed by atoms with E-state index in [1.807, 2.05) is 13.0 Å². The van der Waals surface area contributed by atoms with Crippen LogP contribution >= 0.6 is 35.3 Å². The summed E-state index contributed by atoms with van der Waals surface area (Å²) in [6, 6.07) is 4.15. The summed E-state index contributed by atoms with van der Waals surface area (Å²) in [5, 5.41) is 8.33. The third-order valence-corrected chi connectivity index (χ3v) is 6.82. The highest BCUT2D eigenvalue weighted by molar-refractivity contribution is 14.0. The number of hydrogen-bond acceptors (Lipinski definition) is 5. The van der Waals surface area contributed by atoms with Gasteiger partial charge in [-0.15, -0.1) is 35.3 Å². The first kappa shape index (κ1) is 25.6. The lowest BCUT2D eigenvalue weighted by atomic mass is 10.1. The molecule has 7 nitrogen and oxygen atoms in total. The van der Waals surface area contributed by atoms with Crippen LogP contribution in [0.2, 0.25) is 0 Å². The molecule has 0 spiro atoms. The van der Waals surface area contributed by atoms with E-state index in [4.69, 9.17) is 4.74 Å². The fourth-order valence-corrected chi connectivity index (χ4v) is 4.53. The Bertz CT molecular complexity index is 662. The van der Waals surface area contributed by atoms with E-state index < -0.39 is 10.0 Å². The van der Waals surface area contributed by atoms with Crippen LogP contribution in [0, 0.1) is 0 Å². The quantitative estimate of drug-likeness (QED) is 0.239. The second-order valence-electron chi connectivity index (χ2n) is 6.72. The Balaban J connectivity index is 0.00000392. The molecule has 28 heavy (non-hydrogen) atoms. The van der Waals surface area contributed by atoms with Gasteiger partial charge in [0.05, 0.1) is 18.4 Å². The van der Waals surface area contributed by atoms with E-state index >= 15 is 0 Å². The van der Waals surface area contributed by atoms with Crippen molar-refractivity contribution >= 4 is 51.3 Å². The first-order valence-electron chi connectivity index (χ1n) is 9.64. The van der Waals surface area contributed by atoms with Gasteiger partial charge in [0, 0.05) is 37.0 Å². The van der Waals surface area contributed by atoms with E-state index in [9.17, 15) is 8.42 Å². The molecule has 10 heteroatoms.